The van der Waals surface area contributed by atoms with E-state index in [4.69, 9.17) is 28.9 Å². The van der Waals surface area contributed by atoms with Gasteiger partial charge in [-0.2, -0.15) is 0 Å². The van der Waals surface area contributed by atoms with Crippen LogP contribution in [0.4, 0.5) is 11.4 Å². The Labute approximate surface area is 140 Å². The second-order valence-electron chi connectivity index (χ2n) is 5.18. The Morgan fingerprint density at radius 3 is 2.00 bits per heavy atom. The normalized spacial score (nSPS) is 11.7. The highest BCUT2D eigenvalue weighted by Crippen LogP contribution is 2.32. The van der Waals surface area contributed by atoms with Crippen LogP contribution < -0.4 is 10.5 Å². The standard InChI is InChI=1S/C15H16Cl2N2O2S/c1-9(2)10-3-5-12(6-4-10)22(20,21)19-11-7-13(16)15(18)14(17)8-11/h3-9,19H,18H2,1-2H3. The zero-order chi connectivity index (χ0) is 16.5. The van der Waals surface area contributed by atoms with Gasteiger partial charge in [0.1, 0.15) is 0 Å². The van der Waals surface area contributed by atoms with Crippen LogP contribution in [0.2, 0.25) is 10.0 Å². The summed E-state index contributed by atoms with van der Waals surface area (Å²) < 4.78 is 27.2. The molecule has 0 atom stereocenters. The number of benzene rings is 2. The van der Waals surface area contributed by atoms with Crippen molar-refractivity contribution >= 4 is 44.6 Å². The molecule has 0 saturated heterocycles. The molecule has 118 valence electrons. The topological polar surface area (TPSA) is 72.2 Å². The van der Waals surface area contributed by atoms with Crippen molar-refractivity contribution in [3.8, 4) is 0 Å². The maximum absolute atomic E-state index is 12.4. The van der Waals surface area contributed by atoms with E-state index in [1.807, 2.05) is 13.8 Å². The van der Waals surface area contributed by atoms with Crippen molar-refractivity contribution in [3.63, 3.8) is 0 Å². The van der Waals surface area contributed by atoms with E-state index in [0.717, 1.165) is 5.56 Å². The highest BCUT2D eigenvalue weighted by Gasteiger charge is 2.16. The van der Waals surface area contributed by atoms with Gasteiger partial charge in [-0.05, 0) is 35.7 Å². The lowest BCUT2D eigenvalue weighted by molar-refractivity contribution is 0.601. The third-order valence-electron chi connectivity index (χ3n) is 3.19. The van der Waals surface area contributed by atoms with Crippen molar-refractivity contribution in [2.45, 2.75) is 24.7 Å². The molecule has 0 saturated carbocycles. The molecule has 4 nitrogen and oxygen atoms in total. The van der Waals surface area contributed by atoms with Crippen molar-refractivity contribution in [1.82, 2.24) is 0 Å². The molecule has 3 N–H and O–H groups in total. The minimum Gasteiger partial charge on any atom is -0.396 e. The summed E-state index contributed by atoms with van der Waals surface area (Å²) in [6.45, 7) is 4.08. The molecule has 0 spiro atoms. The molecule has 0 aliphatic heterocycles. The highest BCUT2D eigenvalue weighted by molar-refractivity contribution is 7.92. The van der Waals surface area contributed by atoms with E-state index < -0.39 is 10.0 Å². The van der Waals surface area contributed by atoms with Crippen molar-refractivity contribution in [2.75, 3.05) is 10.5 Å². The smallest absolute Gasteiger partial charge is 0.261 e. The fraction of sp³-hybridized carbons (Fsp3) is 0.200. The van der Waals surface area contributed by atoms with Crippen LogP contribution in [0.15, 0.2) is 41.3 Å². The fourth-order valence-corrected chi connectivity index (χ4v) is 3.42. The molecule has 2 rings (SSSR count). The number of nitrogens with one attached hydrogen (secondary N) is 1. The number of rotatable bonds is 4. The van der Waals surface area contributed by atoms with E-state index in [1.54, 1.807) is 24.3 Å². The minimum absolute atomic E-state index is 0.168. The SMILES string of the molecule is CC(C)c1ccc(S(=O)(=O)Nc2cc(Cl)c(N)c(Cl)c2)cc1. The molecule has 7 heteroatoms. The summed E-state index contributed by atoms with van der Waals surface area (Å²) in [7, 11) is -3.71. The van der Waals surface area contributed by atoms with Gasteiger partial charge in [-0.1, -0.05) is 49.2 Å². The summed E-state index contributed by atoms with van der Waals surface area (Å²) in [6.07, 6.45) is 0. The molecular weight excluding hydrogens is 343 g/mol. The Morgan fingerprint density at radius 2 is 1.55 bits per heavy atom. The Bertz CT molecular complexity index is 765. The maximum Gasteiger partial charge on any atom is 0.261 e. The lowest BCUT2D eigenvalue weighted by atomic mass is 10.0. The first-order valence-corrected chi connectivity index (χ1v) is 8.82. The van der Waals surface area contributed by atoms with Crippen LogP contribution in [0.3, 0.4) is 0 Å². The Morgan fingerprint density at radius 1 is 1.05 bits per heavy atom. The van der Waals surface area contributed by atoms with Gasteiger partial charge in [0.2, 0.25) is 0 Å². The average molecular weight is 359 g/mol. The number of nitrogen functional groups attached to an aromatic ring is 1. The average Bonchev–Trinajstić information content (AvgIpc) is 2.44. The number of hydrogen-bond acceptors (Lipinski definition) is 3. The predicted octanol–water partition coefficient (Wildman–Crippen LogP) is 4.50. The van der Waals surface area contributed by atoms with Gasteiger partial charge < -0.3 is 5.73 Å². The summed E-state index contributed by atoms with van der Waals surface area (Å²) in [5.41, 5.74) is 7.17. The van der Waals surface area contributed by atoms with Crippen LogP contribution in [0, 0.1) is 0 Å². The van der Waals surface area contributed by atoms with Crippen LogP contribution in [0.25, 0.3) is 0 Å². The first kappa shape index (κ1) is 16.9. The summed E-state index contributed by atoms with van der Waals surface area (Å²) in [4.78, 5) is 0.168. The van der Waals surface area contributed by atoms with Crippen LogP contribution in [0.5, 0.6) is 0 Å². The minimum atomic E-state index is -3.71. The van der Waals surface area contributed by atoms with Crippen LogP contribution in [-0.4, -0.2) is 8.42 Å². The Balaban J connectivity index is 2.31. The van der Waals surface area contributed by atoms with Gasteiger partial charge in [0, 0.05) is 0 Å². The van der Waals surface area contributed by atoms with E-state index in [1.165, 1.54) is 12.1 Å². The van der Waals surface area contributed by atoms with E-state index in [0.29, 0.717) is 5.92 Å². The molecule has 0 aliphatic carbocycles. The first-order chi connectivity index (χ1) is 10.2. The number of anilines is 2. The number of sulfonamides is 1. The fourth-order valence-electron chi connectivity index (χ4n) is 1.89. The van der Waals surface area contributed by atoms with E-state index in [-0.39, 0.29) is 26.3 Å². The third-order valence-corrected chi connectivity index (χ3v) is 5.21. The van der Waals surface area contributed by atoms with Gasteiger partial charge in [-0.3, -0.25) is 4.72 Å². The predicted molar refractivity (Wildman–Crippen MR) is 92.2 cm³/mol. The maximum atomic E-state index is 12.4. The zero-order valence-corrected chi connectivity index (χ0v) is 14.4. The summed E-state index contributed by atoms with van der Waals surface area (Å²) in [5, 5.41) is 0.390. The van der Waals surface area contributed by atoms with Gasteiger partial charge in [0.15, 0.2) is 0 Å². The third kappa shape index (κ3) is 3.66. The Kier molecular flexibility index (Phi) is 4.90. The van der Waals surface area contributed by atoms with Crippen molar-refractivity contribution in [2.24, 2.45) is 0 Å². The molecule has 0 bridgehead atoms. The van der Waals surface area contributed by atoms with Crippen LogP contribution in [-0.2, 0) is 10.0 Å². The van der Waals surface area contributed by atoms with Gasteiger partial charge >= 0.3 is 0 Å². The molecular formula is C15H16Cl2N2O2S. The van der Waals surface area contributed by atoms with Crippen molar-refractivity contribution < 1.29 is 8.42 Å². The molecule has 2 aromatic carbocycles. The number of halogens is 2. The lowest BCUT2D eigenvalue weighted by Crippen LogP contribution is -2.13. The zero-order valence-electron chi connectivity index (χ0n) is 12.1. The second kappa shape index (κ2) is 6.36. The Hall–Kier alpha value is -1.43. The molecule has 0 aromatic heterocycles. The quantitative estimate of drug-likeness (QED) is 0.790. The van der Waals surface area contributed by atoms with E-state index >= 15 is 0 Å². The van der Waals surface area contributed by atoms with Crippen molar-refractivity contribution in [1.29, 1.82) is 0 Å². The molecule has 0 aliphatic rings. The van der Waals surface area contributed by atoms with E-state index in [2.05, 4.69) is 4.72 Å². The lowest BCUT2D eigenvalue weighted by Gasteiger charge is -2.11. The van der Waals surface area contributed by atoms with Gasteiger partial charge in [-0.25, -0.2) is 8.42 Å². The summed E-state index contributed by atoms with van der Waals surface area (Å²) in [6, 6.07) is 9.56. The highest BCUT2D eigenvalue weighted by atomic mass is 35.5. The molecule has 0 heterocycles. The van der Waals surface area contributed by atoms with Gasteiger partial charge in [0.25, 0.3) is 10.0 Å². The van der Waals surface area contributed by atoms with Crippen LogP contribution >= 0.6 is 23.2 Å². The van der Waals surface area contributed by atoms with Crippen LogP contribution in [0.1, 0.15) is 25.3 Å². The first-order valence-electron chi connectivity index (χ1n) is 6.58. The summed E-state index contributed by atoms with van der Waals surface area (Å²) >= 11 is 11.8. The van der Waals surface area contributed by atoms with Gasteiger partial charge in [-0.15, -0.1) is 0 Å². The largest absolute Gasteiger partial charge is 0.396 e. The van der Waals surface area contributed by atoms with Crippen molar-refractivity contribution in [3.05, 3.63) is 52.0 Å². The molecule has 0 radical (unpaired) electrons. The summed E-state index contributed by atoms with van der Waals surface area (Å²) in [5.74, 6) is 0.333. The molecule has 0 fully saturated rings. The van der Waals surface area contributed by atoms with E-state index in [9.17, 15) is 8.42 Å². The molecule has 0 amide bonds. The second-order valence-corrected chi connectivity index (χ2v) is 7.68. The monoisotopic (exact) mass is 358 g/mol. The number of hydrogen-bond donors (Lipinski definition) is 2. The molecule has 0 unspecified atom stereocenters. The molecule has 22 heavy (non-hydrogen) atoms. The molecule has 2 aromatic rings. The number of nitrogens with two attached hydrogens (primary N) is 1. The van der Waals surface area contributed by atoms with Gasteiger partial charge in [0.05, 0.1) is 26.3 Å².